The van der Waals surface area contributed by atoms with Gasteiger partial charge in [-0.1, -0.05) is 25.7 Å². The van der Waals surface area contributed by atoms with E-state index in [9.17, 15) is 9.90 Å². The van der Waals surface area contributed by atoms with Crippen molar-refractivity contribution >= 4 is 5.97 Å². The predicted molar refractivity (Wildman–Crippen MR) is 82.1 cm³/mol. The fourth-order valence-electron chi connectivity index (χ4n) is 3.28. The normalized spacial score (nSPS) is 23.5. The maximum atomic E-state index is 11.5. The van der Waals surface area contributed by atoms with Gasteiger partial charge in [0.05, 0.1) is 17.3 Å². The monoisotopic (exact) mass is 293 g/mol. The Morgan fingerprint density at radius 3 is 2.76 bits per heavy atom. The van der Waals surface area contributed by atoms with Gasteiger partial charge in [0.15, 0.2) is 0 Å². The van der Waals surface area contributed by atoms with Gasteiger partial charge in [0.25, 0.3) is 0 Å². The molecule has 1 aromatic heterocycles. The van der Waals surface area contributed by atoms with Gasteiger partial charge in [0, 0.05) is 19.1 Å². The molecule has 1 saturated carbocycles. The first-order valence-corrected chi connectivity index (χ1v) is 8.11. The zero-order chi connectivity index (χ0) is 15.2. The molecular weight excluding hydrogens is 266 g/mol. The Morgan fingerprint density at radius 2 is 2.10 bits per heavy atom. The maximum absolute atomic E-state index is 11.5. The summed E-state index contributed by atoms with van der Waals surface area (Å²) >= 11 is 0. The smallest absolute Gasteiger partial charge is 0.308 e. The van der Waals surface area contributed by atoms with Gasteiger partial charge in [-0.2, -0.15) is 5.10 Å². The van der Waals surface area contributed by atoms with Crippen LogP contribution in [0.5, 0.6) is 0 Å². The van der Waals surface area contributed by atoms with Gasteiger partial charge in [-0.15, -0.1) is 0 Å². The van der Waals surface area contributed by atoms with Crippen molar-refractivity contribution in [2.75, 3.05) is 0 Å². The Kier molecular flexibility index (Phi) is 5.79. The third-order valence-electron chi connectivity index (χ3n) is 4.41. The second-order valence-electron chi connectivity index (χ2n) is 6.02. The number of carbonyl (C=O) groups is 1. The number of aromatic nitrogens is 2. The second kappa shape index (κ2) is 7.59. The van der Waals surface area contributed by atoms with Crippen molar-refractivity contribution < 1.29 is 9.90 Å². The molecule has 1 heterocycles. The fourth-order valence-corrected chi connectivity index (χ4v) is 3.28. The van der Waals surface area contributed by atoms with E-state index in [2.05, 4.69) is 23.4 Å². The average molecular weight is 293 g/mol. The Labute approximate surface area is 126 Å². The summed E-state index contributed by atoms with van der Waals surface area (Å²) in [5.41, 5.74) is 2.15. The zero-order valence-electron chi connectivity index (χ0n) is 13.1. The summed E-state index contributed by atoms with van der Waals surface area (Å²) in [4.78, 5) is 11.5. The highest BCUT2D eigenvalue weighted by Gasteiger charge is 2.28. The molecule has 21 heavy (non-hydrogen) atoms. The van der Waals surface area contributed by atoms with Gasteiger partial charge in [-0.3, -0.25) is 9.48 Å². The number of nitrogens with one attached hydrogen (secondary N) is 1. The van der Waals surface area contributed by atoms with Crippen LogP contribution in [-0.4, -0.2) is 26.9 Å². The lowest BCUT2D eigenvalue weighted by molar-refractivity contribution is -0.143. The van der Waals surface area contributed by atoms with Crippen LogP contribution in [0.1, 0.15) is 56.8 Å². The van der Waals surface area contributed by atoms with Crippen LogP contribution in [0.4, 0.5) is 0 Å². The van der Waals surface area contributed by atoms with Gasteiger partial charge in [-0.05, 0) is 32.8 Å². The largest absolute Gasteiger partial charge is 0.481 e. The Hall–Kier alpha value is -1.36. The van der Waals surface area contributed by atoms with Crippen LogP contribution in [0, 0.1) is 12.8 Å². The van der Waals surface area contributed by atoms with Crippen molar-refractivity contribution in [2.24, 2.45) is 5.92 Å². The third-order valence-corrected chi connectivity index (χ3v) is 4.41. The molecule has 0 amide bonds. The van der Waals surface area contributed by atoms with E-state index >= 15 is 0 Å². The standard InChI is InChI=1S/C16H27N3O2/c1-3-19-13(10-12(2)18-19)11-17-15-9-7-5-4-6-8-14(15)16(20)21/h10,14-15,17H,3-9,11H2,1-2H3,(H,20,21)/t14-,15+/m0/s1. The summed E-state index contributed by atoms with van der Waals surface area (Å²) in [6.07, 6.45) is 6.28. The maximum Gasteiger partial charge on any atom is 0.308 e. The number of aryl methyl sites for hydroxylation is 2. The van der Waals surface area contributed by atoms with Gasteiger partial charge in [0.1, 0.15) is 0 Å². The van der Waals surface area contributed by atoms with Crippen molar-refractivity contribution in [1.29, 1.82) is 0 Å². The molecule has 5 nitrogen and oxygen atoms in total. The highest BCUT2D eigenvalue weighted by Crippen LogP contribution is 2.23. The highest BCUT2D eigenvalue weighted by molar-refractivity contribution is 5.70. The summed E-state index contributed by atoms with van der Waals surface area (Å²) in [5.74, 6) is -0.918. The number of hydrogen-bond acceptors (Lipinski definition) is 3. The molecule has 1 aromatic rings. The van der Waals surface area contributed by atoms with Crippen LogP contribution >= 0.6 is 0 Å². The Morgan fingerprint density at radius 1 is 1.38 bits per heavy atom. The van der Waals surface area contributed by atoms with Crippen LogP contribution in [0.2, 0.25) is 0 Å². The molecule has 1 fully saturated rings. The molecule has 0 unspecified atom stereocenters. The summed E-state index contributed by atoms with van der Waals surface area (Å²) in [5, 5.41) is 17.4. The lowest BCUT2D eigenvalue weighted by atomic mass is 9.87. The van der Waals surface area contributed by atoms with Crippen molar-refractivity contribution in [3.63, 3.8) is 0 Å². The number of aliphatic carboxylic acids is 1. The minimum atomic E-state index is -0.658. The molecule has 0 spiro atoms. The van der Waals surface area contributed by atoms with Crippen LogP contribution in [0.3, 0.4) is 0 Å². The van der Waals surface area contributed by atoms with E-state index in [1.165, 1.54) is 6.42 Å². The second-order valence-corrected chi connectivity index (χ2v) is 6.02. The van der Waals surface area contributed by atoms with Crippen molar-refractivity contribution in [2.45, 2.75) is 71.5 Å². The van der Waals surface area contributed by atoms with E-state index in [0.29, 0.717) is 6.54 Å². The van der Waals surface area contributed by atoms with Gasteiger partial charge >= 0.3 is 5.97 Å². The molecule has 1 aliphatic carbocycles. The molecule has 0 saturated heterocycles. The molecule has 5 heteroatoms. The van der Waals surface area contributed by atoms with Crippen molar-refractivity contribution in [3.05, 3.63) is 17.5 Å². The number of carboxylic acids is 1. The predicted octanol–water partition coefficient (Wildman–Crippen LogP) is 2.72. The summed E-state index contributed by atoms with van der Waals surface area (Å²) in [7, 11) is 0. The number of hydrogen-bond donors (Lipinski definition) is 2. The first kappa shape index (κ1) is 16.0. The van der Waals surface area contributed by atoms with Crippen molar-refractivity contribution in [3.8, 4) is 0 Å². The third kappa shape index (κ3) is 4.30. The van der Waals surface area contributed by atoms with E-state index < -0.39 is 5.97 Å². The van der Waals surface area contributed by atoms with Crippen LogP contribution in [-0.2, 0) is 17.9 Å². The summed E-state index contributed by atoms with van der Waals surface area (Å²) in [6.45, 7) is 5.61. The molecular formula is C16H27N3O2. The number of carboxylic acid groups (broad SMARTS) is 1. The van der Waals surface area contributed by atoms with Crippen LogP contribution in [0.25, 0.3) is 0 Å². The topological polar surface area (TPSA) is 67.2 Å². The minimum absolute atomic E-state index is 0.0725. The first-order chi connectivity index (χ1) is 10.1. The van der Waals surface area contributed by atoms with Gasteiger partial charge in [-0.25, -0.2) is 0 Å². The first-order valence-electron chi connectivity index (χ1n) is 8.11. The van der Waals surface area contributed by atoms with Crippen LogP contribution < -0.4 is 5.32 Å². The lowest BCUT2D eigenvalue weighted by Crippen LogP contribution is -2.40. The van der Waals surface area contributed by atoms with E-state index in [1.54, 1.807) is 0 Å². The quantitative estimate of drug-likeness (QED) is 0.876. The number of rotatable bonds is 5. The van der Waals surface area contributed by atoms with E-state index in [0.717, 1.165) is 50.0 Å². The molecule has 0 radical (unpaired) electrons. The molecule has 0 bridgehead atoms. The molecule has 0 aliphatic heterocycles. The average Bonchev–Trinajstić information content (AvgIpc) is 2.77. The SMILES string of the molecule is CCn1nc(C)cc1CN[C@@H]1CCCCCC[C@@H]1C(=O)O. The van der Waals surface area contributed by atoms with E-state index in [-0.39, 0.29) is 12.0 Å². The molecule has 2 rings (SSSR count). The number of nitrogens with zero attached hydrogens (tertiary/aromatic N) is 2. The zero-order valence-corrected chi connectivity index (χ0v) is 13.1. The lowest BCUT2D eigenvalue weighted by Gasteiger charge is -2.27. The fraction of sp³-hybridized carbons (Fsp3) is 0.750. The Bertz CT molecular complexity index is 470. The summed E-state index contributed by atoms with van der Waals surface area (Å²) in [6, 6.07) is 2.15. The van der Waals surface area contributed by atoms with Crippen LogP contribution in [0.15, 0.2) is 6.07 Å². The van der Waals surface area contributed by atoms with Gasteiger partial charge < -0.3 is 10.4 Å². The van der Waals surface area contributed by atoms with Crippen molar-refractivity contribution in [1.82, 2.24) is 15.1 Å². The highest BCUT2D eigenvalue weighted by atomic mass is 16.4. The molecule has 0 aromatic carbocycles. The minimum Gasteiger partial charge on any atom is -0.481 e. The molecule has 118 valence electrons. The van der Waals surface area contributed by atoms with E-state index in [1.807, 2.05) is 11.6 Å². The Balaban J connectivity index is 2.01. The van der Waals surface area contributed by atoms with E-state index in [4.69, 9.17) is 0 Å². The molecule has 2 atom stereocenters. The molecule has 1 aliphatic rings. The molecule has 2 N–H and O–H groups in total. The van der Waals surface area contributed by atoms with Gasteiger partial charge in [0.2, 0.25) is 0 Å². The summed E-state index contributed by atoms with van der Waals surface area (Å²) < 4.78 is 1.99.